The van der Waals surface area contributed by atoms with Crippen molar-refractivity contribution in [1.82, 2.24) is 0 Å². The molecule has 0 rings (SSSR count). The third kappa shape index (κ3) is 23.6. The molecule has 0 saturated carbocycles. The van der Waals surface area contributed by atoms with Gasteiger partial charge in [0.25, 0.3) is 0 Å². The van der Waals surface area contributed by atoms with E-state index in [1.54, 1.807) is 0 Å². The summed E-state index contributed by atoms with van der Waals surface area (Å²) in [5, 5.41) is 36.8. The summed E-state index contributed by atoms with van der Waals surface area (Å²) >= 11 is 0. The largest absolute Gasteiger partial charge is 0.550 e. The number of unbranched alkanes of at least 4 members (excludes halogenated alkanes) is 13. The van der Waals surface area contributed by atoms with Gasteiger partial charge in [-0.1, -0.05) is 84.0 Å². The van der Waals surface area contributed by atoms with Crippen LogP contribution in [0.5, 0.6) is 0 Å². The minimum absolute atomic E-state index is 0.124. The summed E-state index contributed by atoms with van der Waals surface area (Å²) in [6.07, 6.45) is 19.0. The SMILES string of the molecule is CC(=O)[O-].CCCCCCCCCCCCCCCC[N+](CCO)(CCO)CCO. The average molecular weight is 434 g/mol. The molecular formula is C24H51NO5. The number of carboxylic acids is 1. The molecule has 0 amide bonds. The molecule has 0 aliphatic rings. The predicted molar refractivity (Wildman–Crippen MR) is 122 cm³/mol. The number of aliphatic hydroxyl groups is 3. The molecule has 0 saturated heterocycles. The first-order valence-electron chi connectivity index (χ1n) is 12.3. The molecule has 0 spiro atoms. The van der Waals surface area contributed by atoms with Gasteiger partial charge in [-0.2, -0.15) is 0 Å². The highest BCUT2D eigenvalue weighted by atomic mass is 16.4. The number of carboxylic acid groups (broad SMARTS) is 1. The molecule has 0 heterocycles. The average Bonchev–Trinajstić information content (AvgIpc) is 2.68. The molecule has 0 bridgehead atoms. The molecule has 3 N–H and O–H groups in total. The lowest BCUT2D eigenvalue weighted by Gasteiger charge is -2.37. The molecular weight excluding hydrogens is 382 g/mol. The van der Waals surface area contributed by atoms with E-state index in [1.165, 1.54) is 83.5 Å². The normalized spacial score (nSPS) is 11.2. The molecule has 6 nitrogen and oxygen atoms in total. The van der Waals surface area contributed by atoms with Crippen molar-refractivity contribution in [2.45, 2.75) is 104 Å². The van der Waals surface area contributed by atoms with Gasteiger partial charge in [-0.05, 0) is 19.8 Å². The number of carbonyl (C=O) groups is 1. The van der Waals surface area contributed by atoms with E-state index in [-0.39, 0.29) is 19.8 Å². The second-order valence-electron chi connectivity index (χ2n) is 8.49. The summed E-state index contributed by atoms with van der Waals surface area (Å²) in [6, 6.07) is 0. The van der Waals surface area contributed by atoms with Crippen LogP contribution in [0.25, 0.3) is 0 Å². The number of carbonyl (C=O) groups excluding carboxylic acids is 1. The highest BCUT2D eigenvalue weighted by Gasteiger charge is 2.25. The van der Waals surface area contributed by atoms with Gasteiger partial charge >= 0.3 is 0 Å². The van der Waals surface area contributed by atoms with Gasteiger partial charge in [-0.15, -0.1) is 0 Å². The first-order chi connectivity index (χ1) is 14.5. The van der Waals surface area contributed by atoms with Crippen LogP contribution in [-0.2, 0) is 4.79 Å². The lowest BCUT2D eigenvalue weighted by atomic mass is 10.0. The van der Waals surface area contributed by atoms with Crippen LogP contribution in [0, 0.1) is 0 Å². The second-order valence-corrected chi connectivity index (χ2v) is 8.49. The standard InChI is InChI=1S/C22H48NO3.C2H4O2/c1-2-3-4-5-6-7-8-9-10-11-12-13-14-15-16-23(17-20-24,18-21-25)19-22-26;1-2(3)4/h24-26H,2-22H2,1H3;1H3,(H,3,4)/q+1;/p-1. The first-order valence-corrected chi connectivity index (χ1v) is 12.3. The summed E-state index contributed by atoms with van der Waals surface area (Å²) in [5.41, 5.74) is 0. The van der Waals surface area contributed by atoms with Crippen molar-refractivity contribution < 1.29 is 29.7 Å². The van der Waals surface area contributed by atoms with E-state index >= 15 is 0 Å². The molecule has 0 aromatic rings. The summed E-state index contributed by atoms with van der Waals surface area (Å²) in [6.45, 7) is 6.49. The Hall–Kier alpha value is -0.690. The maximum absolute atomic E-state index is 9.29. The highest BCUT2D eigenvalue weighted by Crippen LogP contribution is 2.14. The van der Waals surface area contributed by atoms with E-state index in [0.29, 0.717) is 24.1 Å². The zero-order valence-corrected chi connectivity index (χ0v) is 20.0. The molecule has 6 heteroatoms. The van der Waals surface area contributed by atoms with Gasteiger partial charge in [-0.25, -0.2) is 0 Å². The number of quaternary nitrogens is 1. The molecule has 0 radical (unpaired) electrons. The molecule has 182 valence electrons. The van der Waals surface area contributed by atoms with Gasteiger partial charge in [0.2, 0.25) is 0 Å². The Bertz CT molecular complexity index is 331. The third-order valence-corrected chi connectivity index (χ3v) is 5.71. The van der Waals surface area contributed by atoms with E-state index in [4.69, 9.17) is 9.90 Å². The van der Waals surface area contributed by atoms with Crippen LogP contribution in [0.1, 0.15) is 104 Å². The van der Waals surface area contributed by atoms with Crippen LogP contribution in [0.4, 0.5) is 0 Å². The Kier molecular flexibility index (Phi) is 25.8. The number of rotatable bonds is 21. The first kappa shape index (κ1) is 31.5. The fourth-order valence-corrected chi connectivity index (χ4v) is 3.95. The fraction of sp³-hybridized carbons (Fsp3) is 0.958. The Labute approximate surface area is 185 Å². The molecule has 0 aromatic carbocycles. The number of aliphatic hydroxyl groups excluding tert-OH is 3. The lowest BCUT2D eigenvalue weighted by molar-refractivity contribution is -0.929. The van der Waals surface area contributed by atoms with Gasteiger partial charge in [0.1, 0.15) is 19.6 Å². The topological polar surface area (TPSA) is 101 Å². The van der Waals surface area contributed by atoms with E-state index in [1.807, 2.05) is 0 Å². The number of hydrogen-bond donors (Lipinski definition) is 3. The van der Waals surface area contributed by atoms with Crippen LogP contribution < -0.4 is 5.11 Å². The van der Waals surface area contributed by atoms with Crippen molar-refractivity contribution >= 4 is 5.97 Å². The van der Waals surface area contributed by atoms with E-state index in [9.17, 15) is 15.3 Å². The number of hydrogen-bond acceptors (Lipinski definition) is 5. The number of aliphatic carboxylic acids is 1. The smallest absolute Gasteiger partial charge is 0.102 e. The zero-order chi connectivity index (χ0) is 22.9. The number of nitrogens with zero attached hydrogens (tertiary/aromatic N) is 1. The Morgan fingerprint density at radius 2 is 0.867 bits per heavy atom. The zero-order valence-electron chi connectivity index (χ0n) is 20.0. The summed E-state index contributed by atoms with van der Waals surface area (Å²) in [4.78, 5) is 8.89. The van der Waals surface area contributed by atoms with Crippen molar-refractivity contribution in [3.63, 3.8) is 0 Å². The fourth-order valence-electron chi connectivity index (χ4n) is 3.95. The highest BCUT2D eigenvalue weighted by molar-refractivity contribution is 5.60. The van der Waals surface area contributed by atoms with E-state index in [0.717, 1.165) is 19.9 Å². The molecule has 0 atom stereocenters. The van der Waals surface area contributed by atoms with Crippen molar-refractivity contribution in [2.75, 3.05) is 46.0 Å². The monoisotopic (exact) mass is 433 g/mol. The molecule has 0 unspecified atom stereocenters. The van der Waals surface area contributed by atoms with Gasteiger partial charge in [-0.3, -0.25) is 0 Å². The van der Waals surface area contributed by atoms with Crippen molar-refractivity contribution in [1.29, 1.82) is 0 Å². The molecule has 0 aromatic heterocycles. The van der Waals surface area contributed by atoms with Crippen LogP contribution in [-0.4, -0.2) is 71.8 Å². The van der Waals surface area contributed by atoms with Crippen LogP contribution in [0.2, 0.25) is 0 Å². The summed E-state index contributed by atoms with van der Waals surface area (Å²) < 4.78 is 0.655. The summed E-state index contributed by atoms with van der Waals surface area (Å²) in [7, 11) is 0. The minimum Gasteiger partial charge on any atom is -0.550 e. The Morgan fingerprint density at radius 1 is 0.600 bits per heavy atom. The Morgan fingerprint density at radius 3 is 1.13 bits per heavy atom. The van der Waals surface area contributed by atoms with Crippen LogP contribution in [0.3, 0.4) is 0 Å². The maximum atomic E-state index is 9.29. The van der Waals surface area contributed by atoms with Crippen molar-refractivity contribution in [3.8, 4) is 0 Å². The minimum atomic E-state index is -1.08. The predicted octanol–water partition coefficient (Wildman–Crippen LogP) is 3.02. The molecule has 0 aliphatic carbocycles. The van der Waals surface area contributed by atoms with Gasteiger partial charge < -0.3 is 29.7 Å². The van der Waals surface area contributed by atoms with Crippen LogP contribution in [0.15, 0.2) is 0 Å². The van der Waals surface area contributed by atoms with Gasteiger partial charge in [0.15, 0.2) is 0 Å². The van der Waals surface area contributed by atoms with Crippen LogP contribution >= 0.6 is 0 Å². The summed E-state index contributed by atoms with van der Waals surface area (Å²) in [5.74, 6) is -1.08. The maximum Gasteiger partial charge on any atom is 0.102 e. The van der Waals surface area contributed by atoms with Gasteiger partial charge in [0, 0.05) is 5.97 Å². The Balaban J connectivity index is 0. The van der Waals surface area contributed by atoms with E-state index in [2.05, 4.69) is 6.92 Å². The van der Waals surface area contributed by atoms with Crippen molar-refractivity contribution in [2.24, 2.45) is 0 Å². The molecule has 0 aliphatic heterocycles. The van der Waals surface area contributed by atoms with Crippen molar-refractivity contribution in [3.05, 3.63) is 0 Å². The third-order valence-electron chi connectivity index (χ3n) is 5.71. The molecule has 30 heavy (non-hydrogen) atoms. The second kappa shape index (κ2) is 24.6. The lowest BCUT2D eigenvalue weighted by Crippen LogP contribution is -2.53. The van der Waals surface area contributed by atoms with Gasteiger partial charge in [0.05, 0.1) is 26.4 Å². The molecule has 0 fully saturated rings. The quantitative estimate of drug-likeness (QED) is 0.191. The van der Waals surface area contributed by atoms with E-state index < -0.39 is 5.97 Å².